The number of amides is 1. The summed E-state index contributed by atoms with van der Waals surface area (Å²) in [5.41, 5.74) is 0.807. The van der Waals surface area contributed by atoms with Crippen molar-refractivity contribution >= 4 is 15.7 Å². The van der Waals surface area contributed by atoms with Crippen molar-refractivity contribution in [3.8, 4) is 5.69 Å². The molecule has 8 heteroatoms. The first kappa shape index (κ1) is 15.7. The van der Waals surface area contributed by atoms with Gasteiger partial charge in [-0.2, -0.15) is 5.10 Å². The van der Waals surface area contributed by atoms with Crippen LogP contribution in [0.4, 0.5) is 4.39 Å². The summed E-state index contributed by atoms with van der Waals surface area (Å²) in [5, 5.41) is 6.76. The molecule has 6 nitrogen and oxygen atoms in total. The topological polar surface area (TPSA) is 81.1 Å². The van der Waals surface area contributed by atoms with Crippen LogP contribution in [0.2, 0.25) is 0 Å². The summed E-state index contributed by atoms with van der Waals surface area (Å²) in [5.74, 6) is -0.626. The van der Waals surface area contributed by atoms with E-state index < -0.39 is 15.7 Å². The molecular formula is C15H16FN3O3S. The molecule has 1 N–H and O–H groups in total. The third-order valence-corrected chi connectivity index (χ3v) is 5.54. The molecule has 0 saturated carbocycles. The third-order valence-electron chi connectivity index (χ3n) is 3.72. The van der Waals surface area contributed by atoms with Crippen molar-refractivity contribution in [2.24, 2.45) is 0 Å². The molecule has 2 heterocycles. The maximum atomic E-state index is 13.2. The first-order valence-corrected chi connectivity index (χ1v) is 9.07. The van der Waals surface area contributed by atoms with Crippen LogP contribution >= 0.6 is 0 Å². The molecule has 3 rings (SSSR count). The Morgan fingerprint density at radius 1 is 1.39 bits per heavy atom. The summed E-state index contributed by atoms with van der Waals surface area (Å²) in [7, 11) is -3.08. The fraction of sp³-hybridized carbons (Fsp3) is 0.333. The number of halogens is 1. The smallest absolute Gasteiger partial charge is 0.254 e. The number of carbonyl (C=O) groups is 1. The molecule has 0 spiro atoms. The monoisotopic (exact) mass is 337 g/mol. The Bertz CT molecular complexity index is 832. The number of rotatable bonds is 3. The van der Waals surface area contributed by atoms with Crippen LogP contribution in [0.25, 0.3) is 5.69 Å². The average Bonchev–Trinajstić information content (AvgIpc) is 2.96. The Morgan fingerprint density at radius 3 is 2.96 bits per heavy atom. The standard InChI is InChI=1S/C15H16FN3O3S/c16-12-3-1-5-14(7-12)19-9-11(8-17-19)15(20)18-13-4-2-6-23(21,22)10-13/h1,3,5,7-9,13H,2,4,6,10H2,(H,18,20). The molecule has 2 aromatic rings. The van der Waals surface area contributed by atoms with Gasteiger partial charge in [0.15, 0.2) is 9.84 Å². The van der Waals surface area contributed by atoms with Crippen molar-refractivity contribution in [2.75, 3.05) is 11.5 Å². The maximum absolute atomic E-state index is 13.2. The summed E-state index contributed by atoms with van der Waals surface area (Å²) >= 11 is 0. The SMILES string of the molecule is O=C(NC1CCCS(=O)(=O)C1)c1cnn(-c2cccc(F)c2)c1. The van der Waals surface area contributed by atoms with Gasteiger partial charge in [0.05, 0.1) is 29.0 Å². The van der Waals surface area contributed by atoms with E-state index >= 15 is 0 Å². The van der Waals surface area contributed by atoms with Gasteiger partial charge in [-0.15, -0.1) is 0 Å². The molecule has 0 aliphatic carbocycles. The number of sulfone groups is 1. The number of aromatic nitrogens is 2. The van der Waals surface area contributed by atoms with Crippen LogP contribution in [0.1, 0.15) is 23.2 Å². The second kappa shape index (κ2) is 6.11. The lowest BCUT2D eigenvalue weighted by Gasteiger charge is -2.22. The highest BCUT2D eigenvalue weighted by Crippen LogP contribution is 2.14. The maximum Gasteiger partial charge on any atom is 0.254 e. The molecule has 1 amide bonds. The summed E-state index contributed by atoms with van der Waals surface area (Å²) in [4.78, 5) is 12.2. The minimum Gasteiger partial charge on any atom is -0.348 e. The lowest BCUT2D eigenvalue weighted by Crippen LogP contribution is -2.43. The highest BCUT2D eigenvalue weighted by molar-refractivity contribution is 7.91. The van der Waals surface area contributed by atoms with Crippen molar-refractivity contribution in [1.29, 1.82) is 0 Å². The fourth-order valence-electron chi connectivity index (χ4n) is 2.61. The van der Waals surface area contributed by atoms with Gasteiger partial charge in [0.1, 0.15) is 5.82 Å². The van der Waals surface area contributed by atoms with Crippen molar-refractivity contribution in [3.05, 3.63) is 48.0 Å². The van der Waals surface area contributed by atoms with Gasteiger partial charge >= 0.3 is 0 Å². The Hall–Kier alpha value is -2.22. The van der Waals surface area contributed by atoms with Gasteiger partial charge in [0, 0.05) is 12.2 Å². The van der Waals surface area contributed by atoms with Gasteiger partial charge < -0.3 is 5.32 Å². The summed E-state index contributed by atoms with van der Waals surface area (Å²) < 4.78 is 37.8. The number of nitrogens with zero attached hydrogens (tertiary/aromatic N) is 2. The third kappa shape index (κ3) is 3.76. The van der Waals surface area contributed by atoms with Crippen molar-refractivity contribution < 1.29 is 17.6 Å². The number of hydrogen-bond acceptors (Lipinski definition) is 4. The van der Waals surface area contributed by atoms with E-state index in [2.05, 4.69) is 10.4 Å². The van der Waals surface area contributed by atoms with Crippen LogP contribution in [0, 0.1) is 5.82 Å². The lowest BCUT2D eigenvalue weighted by atomic mass is 10.2. The van der Waals surface area contributed by atoms with Gasteiger partial charge in [0.2, 0.25) is 0 Å². The molecule has 1 aromatic heterocycles. The predicted molar refractivity (Wildman–Crippen MR) is 82.7 cm³/mol. The Kier molecular flexibility index (Phi) is 4.16. The largest absolute Gasteiger partial charge is 0.348 e. The molecule has 1 aliphatic heterocycles. The Labute approximate surface area is 133 Å². The molecule has 1 saturated heterocycles. The van der Waals surface area contributed by atoms with Gasteiger partial charge in [0.25, 0.3) is 5.91 Å². The highest BCUT2D eigenvalue weighted by Gasteiger charge is 2.26. The van der Waals surface area contributed by atoms with Gasteiger partial charge in [-0.25, -0.2) is 17.5 Å². The van der Waals surface area contributed by atoms with E-state index in [1.165, 1.54) is 29.2 Å². The van der Waals surface area contributed by atoms with E-state index in [1.54, 1.807) is 12.1 Å². The zero-order chi connectivity index (χ0) is 16.4. The normalized spacial score (nSPS) is 20.1. The van der Waals surface area contributed by atoms with Crippen molar-refractivity contribution in [1.82, 2.24) is 15.1 Å². The zero-order valence-corrected chi connectivity index (χ0v) is 13.1. The second-order valence-electron chi connectivity index (χ2n) is 5.58. The summed E-state index contributed by atoms with van der Waals surface area (Å²) in [6.07, 6.45) is 4.05. The molecule has 1 unspecified atom stereocenters. The van der Waals surface area contributed by atoms with Crippen LogP contribution in [0.5, 0.6) is 0 Å². The molecule has 0 radical (unpaired) electrons. The first-order valence-electron chi connectivity index (χ1n) is 7.25. The molecule has 1 atom stereocenters. The van der Waals surface area contributed by atoms with Crippen LogP contribution in [0.3, 0.4) is 0 Å². The number of hydrogen-bond donors (Lipinski definition) is 1. The average molecular weight is 337 g/mol. The molecule has 1 aromatic carbocycles. The van der Waals surface area contributed by atoms with E-state index in [1.807, 2.05) is 0 Å². The lowest BCUT2D eigenvalue weighted by molar-refractivity contribution is 0.0938. The van der Waals surface area contributed by atoms with Crippen LogP contribution in [-0.4, -0.2) is 41.7 Å². The molecule has 1 aliphatic rings. The zero-order valence-electron chi connectivity index (χ0n) is 12.3. The molecule has 23 heavy (non-hydrogen) atoms. The predicted octanol–water partition coefficient (Wildman–Crippen LogP) is 1.32. The van der Waals surface area contributed by atoms with Crippen LogP contribution < -0.4 is 5.32 Å². The van der Waals surface area contributed by atoms with E-state index in [0.29, 0.717) is 24.1 Å². The van der Waals surface area contributed by atoms with Gasteiger partial charge in [-0.3, -0.25) is 4.79 Å². The van der Waals surface area contributed by atoms with E-state index in [0.717, 1.165) is 0 Å². The number of nitrogens with one attached hydrogen (secondary N) is 1. The number of carbonyl (C=O) groups excluding carboxylic acids is 1. The summed E-state index contributed by atoms with van der Waals surface area (Å²) in [6, 6.07) is 5.48. The Balaban J connectivity index is 1.71. The summed E-state index contributed by atoms with van der Waals surface area (Å²) in [6.45, 7) is 0. The molecule has 0 bridgehead atoms. The first-order chi connectivity index (χ1) is 10.9. The minimum absolute atomic E-state index is 0.0310. The van der Waals surface area contributed by atoms with E-state index in [9.17, 15) is 17.6 Å². The molecule has 1 fully saturated rings. The second-order valence-corrected chi connectivity index (χ2v) is 7.81. The number of benzene rings is 1. The quantitative estimate of drug-likeness (QED) is 0.916. The van der Waals surface area contributed by atoms with E-state index in [4.69, 9.17) is 0 Å². The van der Waals surface area contributed by atoms with Gasteiger partial charge in [-0.1, -0.05) is 6.07 Å². The van der Waals surface area contributed by atoms with Crippen LogP contribution in [0.15, 0.2) is 36.7 Å². The molecule has 122 valence electrons. The molecular weight excluding hydrogens is 321 g/mol. The minimum atomic E-state index is -3.08. The van der Waals surface area contributed by atoms with Crippen LogP contribution in [-0.2, 0) is 9.84 Å². The van der Waals surface area contributed by atoms with Gasteiger partial charge in [-0.05, 0) is 31.0 Å². The van der Waals surface area contributed by atoms with Crippen molar-refractivity contribution in [3.63, 3.8) is 0 Å². The fourth-order valence-corrected chi connectivity index (χ4v) is 4.24. The highest BCUT2D eigenvalue weighted by atomic mass is 32.2. The van der Waals surface area contributed by atoms with Crippen molar-refractivity contribution in [2.45, 2.75) is 18.9 Å². The van der Waals surface area contributed by atoms with E-state index in [-0.39, 0.29) is 23.5 Å². The Morgan fingerprint density at radius 2 is 2.22 bits per heavy atom.